The first-order chi connectivity index (χ1) is 20.5. The van der Waals surface area contributed by atoms with Crippen molar-refractivity contribution in [2.24, 2.45) is 5.92 Å². The van der Waals surface area contributed by atoms with Gasteiger partial charge in [-0.3, -0.25) is 9.59 Å². The maximum Gasteiger partial charge on any atom is 0.436 e. The second kappa shape index (κ2) is 10.5. The molecule has 15 heteroatoms. The first kappa shape index (κ1) is 28.4. The Kier molecular flexibility index (Phi) is 6.92. The van der Waals surface area contributed by atoms with Crippen molar-refractivity contribution in [3.8, 4) is 11.9 Å². The maximum absolute atomic E-state index is 13.8. The number of rotatable bonds is 8. The van der Waals surface area contributed by atoms with Gasteiger partial charge >= 0.3 is 6.18 Å². The quantitative estimate of drug-likeness (QED) is 0.295. The molecule has 0 unspecified atom stereocenters. The zero-order valence-electron chi connectivity index (χ0n) is 22.6. The van der Waals surface area contributed by atoms with Crippen molar-refractivity contribution in [3.63, 3.8) is 0 Å². The Morgan fingerprint density at radius 3 is 2.58 bits per heavy atom. The van der Waals surface area contributed by atoms with E-state index in [2.05, 4.69) is 30.9 Å². The number of carbonyl (C=O) groups excluding carboxylic acids is 2. The summed E-state index contributed by atoms with van der Waals surface area (Å²) in [6.45, 7) is 1.38. The number of amides is 2. The highest BCUT2D eigenvalue weighted by atomic mass is 35.5. The number of nitrogens with one attached hydrogen (secondary N) is 2. The minimum atomic E-state index is -4.68. The Hall–Kier alpha value is -4.77. The molecular formula is C28H23ClF3N9O2. The van der Waals surface area contributed by atoms with Crippen LogP contribution in [0, 0.1) is 24.2 Å². The van der Waals surface area contributed by atoms with Gasteiger partial charge < -0.3 is 10.6 Å². The molecule has 220 valence electrons. The van der Waals surface area contributed by atoms with Crippen molar-refractivity contribution >= 4 is 29.1 Å². The van der Waals surface area contributed by atoms with E-state index in [1.807, 2.05) is 6.07 Å². The van der Waals surface area contributed by atoms with E-state index in [4.69, 9.17) is 11.6 Å². The predicted molar refractivity (Wildman–Crippen MR) is 146 cm³/mol. The van der Waals surface area contributed by atoms with E-state index in [1.165, 1.54) is 18.3 Å². The molecule has 2 N–H and O–H groups in total. The number of aromatic nitrogens is 6. The molecule has 6 rings (SSSR count). The minimum absolute atomic E-state index is 0.0643. The Morgan fingerprint density at radius 2 is 1.95 bits per heavy atom. The lowest BCUT2D eigenvalue weighted by Crippen LogP contribution is -2.39. The summed E-state index contributed by atoms with van der Waals surface area (Å²) < 4.78 is 40.3. The molecule has 0 atom stereocenters. The molecule has 4 aromatic rings. The molecule has 2 amide bonds. The predicted octanol–water partition coefficient (Wildman–Crippen LogP) is 4.68. The number of hydrogen-bond acceptors (Lipinski definition) is 7. The molecule has 2 aliphatic rings. The average Bonchev–Trinajstić information content (AvgIpc) is 3.87. The van der Waals surface area contributed by atoms with Gasteiger partial charge in [-0.2, -0.15) is 33.4 Å². The largest absolute Gasteiger partial charge is 0.436 e. The molecule has 2 aliphatic carbocycles. The van der Waals surface area contributed by atoms with E-state index < -0.39 is 23.7 Å². The van der Waals surface area contributed by atoms with E-state index in [-0.39, 0.29) is 51.1 Å². The zero-order chi connectivity index (χ0) is 30.5. The summed E-state index contributed by atoms with van der Waals surface area (Å²) in [5.41, 5.74) is -0.251. The van der Waals surface area contributed by atoms with E-state index in [0.29, 0.717) is 17.7 Å². The molecule has 3 heterocycles. The van der Waals surface area contributed by atoms with Gasteiger partial charge in [0.15, 0.2) is 11.5 Å². The van der Waals surface area contributed by atoms with E-state index in [9.17, 15) is 28.0 Å². The number of nitrogens with zero attached hydrogens (tertiary/aromatic N) is 7. The number of hydrogen-bond donors (Lipinski definition) is 2. The first-order valence-electron chi connectivity index (χ1n) is 13.3. The third kappa shape index (κ3) is 5.68. The number of pyridine rings is 1. The number of alkyl halides is 3. The summed E-state index contributed by atoms with van der Waals surface area (Å²) in [5, 5.41) is 27.1. The van der Waals surface area contributed by atoms with E-state index >= 15 is 0 Å². The molecule has 1 aromatic carbocycles. The summed E-state index contributed by atoms with van der Waals surface area (Å²) in [6.07, 6.45) is 1.22. The molecule has 3 aromatic heterocycles. The summed E-state index contributed by atoms with van der Waals surface area (Å²) >= 11 is 6.35. The number of carbonyl (C=O) groups is 2. The zero-order valence-corrected chi connectivity index (χ0v) is 23.4. The van der Waals surface area contributed by atoms with Crippen LogP contribution in [-0.4, -0.2) is 47.1 Å². The monoisotopic (exact) mass is 609 g/mol. The summed E-state index contributed by atoms with van der Waals surface area (Å²) in [6, 6.07) is 9.51. The van der Waals surface area contributed by atoms with Gasteiger partial charge in [-0.15, -0.1) is 5.10 Å². The SMILES string of the molecule is Cc1cc(C#N)cc(C(=O)NC2(C3CC3)CC2)c1NC(=O)c1cc(Cn2ncc(C(F)(F)F)n2)nn1-c1ncccc1Cl. The highest BCUT2D eigenvalue weighted by Crippen LogP contribution is 2.53. The van der Waals surface area contributed by atoms with Gasteiger partial charge in [0.2, 0.25) is 0 Å². The summed E-state index contributed by atoms with van der Waals surface area (Å²) in [5.74, 6) is -0.566. The summed E-state index contributed by atoms with van der Waals surface area (Å²) in [4.78, 5) is 32.3. The topological polar surface area (TPSA) is 143 Å². The smallest absolute Gasteiger partial charge is 0.346 e. The number of halogens is 4. The highest BCUT2D eigenvalue weighted by molar-refractivity contribution is 6.32. The molecule has 0 bridgehead atoms. The van der Waals surface area contributed by atoms with Gasteiger partial charge in [0.1, 0.15) is 12.2 Å². The van der Waals surface area contributed by atoms with Crippen molar-refractivity contribution in [1.29, 1.82) is 5.26 Å². The number of nitriles is 1. The van der Waals surface area contributed by atoms with E-state index in [1.54, 1.807) is 25.1 Å². The van der Waals surface area contributed by atoms with Crippen LogP contribution in [0.3, 0.4) is 0 Å². The van der Waals surface area contributed by atoms with Crippen LogP contribution in [-0.2, 0) is 12.7 Å². The van der Waals surface area contributed by atoms with Crippen LogP contribution in [0.4, 0.5) is 18.9 Å². The standard InChI is InChI=1S/C28H23ClF3N9O2/c1-15-9-16(12-33)10-19(25(42)37-27(6-7-27)17-4-5-17)23(15)36-26(43)21-11-18(14-40-35-13-22(39-40)28(30,31)32)38-41(21)24-20(29)3-2-8-34-24/h2-3,8-11,13,17H,4-7,14H2,1H3,(H,36,43)(H,37,42). The van der Waals surface area contributed by atoms with Crippen molar-refractivity contribution in [2.45, 2.75) is 50.9 Å². The first-order valence-corrected chi connectivity index (χ1v) is 13.7. The fraction of sp³-hybridized carbons (Fsp3) is 0.321. The lowest BCUT2D eigenvalue weighted by Gasteiger charge is -2.20. The lowest BCUT2D eigenvalue weighted by atomic mass is 10.0. The molecule has 0 aliphatic heterocycles. The van der Waals surface area contributed by atoms with Gasteiger partial charge in [-0.1, -0.05) is 11.6 Å². The van der Waals surface area contributed by atoms with Crippen molar-refractivity contribution in [1.82, 2.24) is 35.1 Å². The van der Waals surface area contributed by atoms with Crippen molar-refractivity contribution < 1.29 is 22.8 Å². The van der Waals surface area contributed by atoms with Gasteiger partial charge in [-0.05, 0) is 74.4 Å². The molecule has 0 spiro atoms. The molecule has 43 heavy (non-hydrogen) atoms. The van der Waals surface area contributed by atoms with Crippen LogP contribution >= 0.6 is 11.6 Å². The normalized spacial score (nSPS) is 15.5. The van der Waals surface area contributed by atoms with Crippen LogP contribution in [0.5, 0.6) is 0 Å². The van der Waals surface area contributed by atoms with Crippen molar-refractivity contribution in [2.75, 3.05) is 5.32 Å². The molecule has 11 nitrogen and oxygen atoms in total. The van der Waals surface area contributed by atoms with Gasteiger partial charge in [0, 0.05) is 11.7 Å². The van der Waals surface area contributed by atoms with Gasteiger partial charge in [0.05, 0.1) is 39.8 Å². The van der Waals surface area contributed by atoms with Gasteiger partial charge in [0.25, 0.3) is 11.8 Å². The molecule has 0 radical (unpaired) electrons. The Labute approximate surface area is 247 Å². The molecular weight excluding hydrogens is 587 g/mol. The molecule has 2 saturated carbocycles. The van der Waals surface area contributed by atoms with Crippen LogP contribution in [0.2, 0.25) is 5.02 Å². The average molecular weight is 610 g/mol. The maximum atomic E-state index is 13.8. The second-order valence-electron chi connectivity index (χ2n) is 10.7. The molecule has 0 saturated heterocycles. The summed E-state index contributed by atoms with van der Waals surface area (Å²) in [7, 11) is 0. The second-order valence-corrected chi connectivity index (χ2v) is 11.1. The lowest BCUT2D eigenvalue weighted by molar-refractivity contribution is -0.141. The third-order valence-corrected chi connectivity index (χ3v) is 7.82. The molecule has 2 fully saturated rings. The fourth-order valence-corrected chi connectivity index (χ4v) is 5.29. The third-order valence-electron chi connectivity index (χ3n) is 7.52. The van der Waals surface area contributed by atoms with Gasteiger partial charge in [-0.25, -0.2) is 9.67 Å². The van der Waals surface area contributed by atoms with Crippen LogP contribution in [0.15, 0.2) is 42.7 Å². The number of benzene rings is 1. The fourth-order valence-electron chi connectivity index (χ4n) is 5.09. The Morgan fingerprint density at radius 1 is 1.19 bits per heavy atom. The number of anilines is 1. The van der Waals surface area contributed by atoms with E-state index in [0.717, 1.165) is 35.2 Å². The van der Waals surface area contributed by atoms with Crippen LogP contribution in [0.1, 0.15) is 69.0 Å². The Bertz CT molecular complexity index is 1800. The Balaban J connectivity index is 1.35. The van der Waals surface area contributed by atoms with Crippen LogP contribution in [0.25, 0.3) is 5.82 Å². The number of aryl methyl sites for hydroxylation is 1. The minimum Gasteiger partial charge on any atom is -0.346 e. The van der Waals surface area contributed by atoms with Crippen molar-refractivity contribution in [3.05, 3.63) is 81.5 Å². The van der Waals surface area contributed by atoms with Crippen LogP contribution < -0.4 is 10.6 Å². The highest BCUT2D eigenvalue weighted by Gasteiger charge is 2.55.